The topological polar surface area (TPSA) is 15.3 Å². The minimum atomic E-state index is -0.0149. The zero-order valence-electron chi connectivity index (χ0n) is 45.1. The molecule has 0 amide bonds. The highest BCUT2D eigenvalue weighted by atomic mass is 15.2. The van der Waals surface area contributed by atoms with Crippen molar-refractivity contribution in [2.45, 2.75) is 105 Å². The minimum absolute atomic E-state index is 0.0149. The molecular weight excluding hydrogens is 897 g/mol. The number of fused-ring (bicyclic) bond motifs is 12. The van der Waals surface area contributed by atoms with Gasteiger partial charge >= 0.3 is 0 Å². The molecule has 0 bridgehead atoms. The van der Waals surface area contributed by atoms with Crippen LogP contribution in [-0.4, -0.2) is 8.80 Å². The first kappa shape index (κ1) is 46.0. The zero-order valence-corrected chi connectivity index (χ0v) is 45.1. The summed E-state index contributed by atoms with van der Waals surface area (Å²) >= 11 is 0. The summed E-state index contributed by atoms with van der Waals surface area (Å²) in [6, 6.07) is 69.8. The molecule has 0 saturated heterocycles. The molecule has 0 saturated carbocycles. The molecule has 0 aliphatic carbocycles. The second kappa shape index (κ2) is 15.8. The van der Waals surface area contributed by atoms with Crippen molar-refractivity contribution in [1.82, 2.24) is 8.80 Å². The lowest BCUT2D eigenvalue weighted by Crippen LogP contribution is -2.17. The molecule has 0 unspecified atom stereocenters. The van der Waals surface area contributed by atoms with E-state index < -0.39 is 0 Å². The SMILES string of the molecule is CC(C)(C)c1ccc(N(c2ccc(C(C)(C)C)cc2)c2c3c4cccc5c6ccccc6n(c3c(N(c3ccc(C(C)(C)C)cc3)c3ccc(C(C)(C)C)cc3)c3c6cccc7c8ccccc8n(c23)c76)c54)cc1. The third-order valence-corrected chi connectivity index (χ3v) is 16.2. The number of rotatable bonds is 6. The monoisotopic (exact) mass is 963 g/mol. The van der Waals surface area contributed by atoms with Gasteiger partial charge in [0.05, 0.1) is 44.5 Å². The van der Waals surface area contributed by atoms with Crippen molar-refractivity contribution in [3.05, 3.63) is 204 Å². The Morgan fingerprint density at radius 1 is 0.257 bits per heavy atom. The number of para-hydroxylation sites is 4. The molecule has 0 spiro atoms. The first-order chi connectivity index (χ1) is 35.3. The first-order valence-electron chi connectivity index (χ1n) is 26.6. The van der Waals surface area contributed by atoms with E-state index in [4.69, 9.17) is 0 Å². The van der Waals surface area contributed by atoms with Crippen molar-refractivity contribution >= 4 is 110 Å². The van der Waals surface area contributed by atoms with Gasteiger partial charge < -0.3 is 18.6 Å². The smallest absolute Gasteiger partial charge is 0.0812 e. The van der Waals surface area contributed by atoms with E-state index in [1.807, 2.05) is 0 Å². The molecule has 9 aromatic carbocycles. The Kier molecular flexibility index (Phi) is 9.85. The number of hydrogen-bond donors (Lipinski definition) is 0. The van der Waals surface area contributed by atoms with Crippen LogP contribution in [0.2, 0.25) is 0 Å². The molecule has 4 nitrogen and oxygen atoms in total. The van der Waals surface area contributed by atoms with Gasteiger partial charge in [-0.3, -0.25) is 0 Å². The Bertz CT molecular complexity index is 3890. The Labute approximate surface area is 435 Å². The number of benzene rings is 9. The van der Waals surface area contributed by atoms with Gasteiger partial charge in [0.25, 0.3) is 0 Å². The summed E-state index contributed by atoms with van der Waals surface area (Å²) in [5.74, 6) is 0. The molecule has 0 radical (unpaired) electrons. The van der Waals surface area contributed by atoms with Crippen molar-refractivity contribution in [3.8, 4) is 0 Å². The Hall–Kier alpha value is -7.82. The summed E-state index contributed by atoms with van der Waals surface area (Å²) in [6.45, 7) is 27.7. The summed E-state index contributed by atoms with van der Waals surface area (Å²) in [6.07, 6.45) is 0. The zero-order chi connectivity index (χ0) is 51.4. The fraction of sp³-hybridized carbons (Fsp3) is 0.229. The molecule has 0 aliphatic rings. The highest BCUT2D eigenvalue weighted by Gasteiger charge is 2.35. The van der Waals surface area contributed by atoms with E-state index in [9.17, 15) is 0 Å². The van der Waals surface area contributed by atoms with Crippen LogP contribution >= 0.6 is 0 Å². The van der Waals surface area contributed by atoms with E-state index in [1.165, 1.54) is 98.4 Å². The van der Waals surface area contributed by atoms with Crippen LogP contribution in [0.5, 0.6) is 0 Å². The normalized spacial score (nSPS) is 13.1. The van der Waals surface area contributed by atoms with Gasteiger partial charge in [0.2, 0.25) is 0 Å². The highest BCUT2D eigenvalue weighted by molar-refractivity contribution is 6.39. The first-order valence-corrected chi connectivity index (χ1v) is 26.6. The molecular formula is C70H66N4. The average Bonchev–Trinajstić information content (AvgIpc) is 4.11. The average molecular weight is 963 g/mol. The predicted molar refractivity (Wildman–Crippen MR) is 320 cm³/mol. The van der Waals surface area contributed by atoms with Crippen LogP contribution < -0.4 is 9.80 Å². The van der Waals surface area contributed by atoms with Gasteiger partial charge in [-0.1, -0.05) is 204 Å². The molecule has 0 fully saturated rings. The van der Waals surface area contributed by atoms with Crippen molar-refractivity contribution in [3.63, 3.8) is 0 Å². The largest absolute Gasteiger partial charge is 0.308 e. The molecule has 0 aliphatic heterocycles. The van der Waals surface area contributed by atoms with Crippen LogP contribution in [0.4, 0.5) is 34.1 Å². The summed E-state index contributed by atoms with van der Waals surface area (Å²) in [4.78, 5) is 5.20. The number of nitrogens with zero attached hydrogens (tertiary/aromatic N) is 4. The van der Waals surface area contributed by atoms with E-state index >= 15 is 0 Å². The van der Waals surface area contributed by atoms with E-state index in [0.717, 1.165) is 34.1 Å². The summed E-state index contributed by atoms with van der Waals surface area (Å²) in [7, 11) is 0. The van der Waals surface area contributed by atoms with Crippen molar-refractivity contribution in [2.75, 3.05) is 9.80 Å². The van der Waals surface area contributed by atoms with E-state index in [-0.39, 0.29) is 21.7 Å². The predicted octanol–water partition coefficient (Wildman–Crippen LogP) is 20.1. The Morgan fingerprint density at radius 3 is 0.797 bits per heavy atom. The number of aromatic nitrogens is 2. The molecule has 366 valence electrons. The summed E-state index contributed by atoms with van der Waals surface area (Å²) in [5, 5.41) is 9.90. The van der Waals surface area contributed by atoms with Gasteiger partial charge in [-0.15, -0.1) is 0 Å². The second-order valence-corrected chi connectivity index (χ2v) is 25.1. The maximum Gasteiger partial charge on any atom is 0.0812 e. The molecule has 0 N–H and O–H groups in total. The van der Waals surface area contributed by atoms with Crippen LogP contribution in [0.15, 0.2) is 182 Å². The maximum absolute atomic E-state index is 2.63. The van der Waals surface area contributed by atoms with Crippen molar-refractivity contribution < 1.29 is 0 Å². The standard InChI is InChI=1S/C70H66N4/c1-67(2,3)43-27-35-47(36-28-43)71(48-37-29-44(30-38-48)68(4,5)6)63-59-55-23-17-21-53-52-20-14-16-26-58(52)74(61(53)55)66(59)64(60-56-24-18-22-54-51-19-13-15-25-57(51)73(62(54)56)65(60)63)72(49-39-31-45(32-40-49)69(7,8)9)50-41-33-46(34-42-50)70(10,11)12/h13-42H,1-12H3. The van der Waals surface area contributed by atoms with Gasteiger partial charge in [-0.25, -0.2) is 0 Å². The van der Waals surface area contributed by atoms with Gasteiger partial charge in [0.15, 0.2) is 0 Å². The Morgan fingerprint density at radius 2 is 0.514 bits per heavy atom. The molecule has 4 aromatic heterocycles. The van der Waals surface area contributed by atoms with Crippen molar-refractivity contribution in [2.24, 2.45) is 0 Å². The lowest BCUT2D eigenvalue weighted by Gasteiger charge is -2.33. The lowest BCUT2D eigenvalue weighted by molar-refractivity contribution is 0.590. The van der Waals surface area contributed by atoms with E-state index in [2.05, 4.69) is 284 Å². The van der Waals surface area contributed by atoms with Gasteiger partial charge in [-0.2, -0.15) is 0 Å². The molecule has 4 heterocycles. The molecule has 13 aromatic rings. The lowest BCUT2D eigenvalue weighted by atomic mass is 9.86. The van der Waals surface area contributed by atoms with E-state index in [1.54, 1.807) is 0 Å². The van der Waals surface area contributed by atoms with Gasteiger partial charge in [0, 0.05) is 65.8 Å². The molecule has 74 heavy (non-hydrogen) atoms. The summed E-state index contributed by atoms with van der Waals surface area (Å²) < 4.78 is 5.26. The molecule has 0 atom stereocenters. The van der Waals surface area contributed by atoms with Gasteiger partial charge in [0.1, 0.15) is 0 Å². The third-order valence-electron chi connectivity index (χ3n) is 16.2. The summed E-state index contributed by atoms with van der Waals surface area (Å²) in [5.41, 5.74) is 19.2. The highest BCUT2D eigenvalue weighted by Crippen LogP contribution is 2.58. The second-order valence-electron chi connectivity index (χ2n) is 25.1. The quantitative estimate of drug-likeness (QED) is 0.154. The number of anilines is 6. The van der Waals surface area contributed by atoms with Crippen LogP contribution in [0, 0.1) is 0 Å². The van der Waals surface area contributed by atoms with Crippen LogP contribution in [0.25, 0.3) is 76.2 Å². The molecule has 13 rings (SSSR count). The maximum atomic E-state index is 2.63. The Balaban J connectivity index is 1.31. The molecule has 4 heteroatoms. The van der Waals surface area contributed by atoms with Crippen molar-refractivity contribution in [1.29, 1.82) is 0 Å². The fourth-order valence-corrected chi connectivity index (χ4v) is 12.2. The third kappa shape index (κ3) is 6.79. The number of hydrogen-bond acceptors (Lipinski definition) is 2. The van der Waals surface area contributed by atoms with Crippen LogP contribution in [0.3, 0.4) is 0 Å². The minimum Gasteiger partial charge on any atom is -0.308 e. The van der Waals surface area contributed by atoms with E-state index in [0.29, 0.717) is 0 Å². The van der Waals surface area contributed by atoms with Crippen LogP contribution in [0.1, 0.15) is 105 Å². The van der Waals surface area contributed by atoms with Gasteiger partial charge in [-0.05, 0) is 105 Å². The fourth-order valence-electron chi connectivity index (χ4n) is 12.2. The van der Waals surface area contributed by atoms with Crippen LogP contribution in [-0.2, 0) is 21.7 Å².